The van der Waals surface area contributed by atoms with Crippen LogP contribution >= 0.6 is 0 Å². The average Bonchev–Trinajstić information content (AvgIpc) is 2.34. The SMILES string of the molecule is OCc1c(F)cccc1Oc1ccc(F)c(F)c1. The van der Waals surface area contributed by atoms with E-state index in [-0.39, 0.29) is 17.1 Å². The zero-order valence-corrected chi connectivity index (χ0v) is 9.16. The van der Waals surface area contributed by atoms with Crippen molar-refractivity contribution >= 4 is 0 Å². The van der Waals surface area contributed by atoms with Gasteiger partial charge in [0, 0.05) is 6.07 Å². The summed E-state index contributed by atoms with van der Waals surface area (Å²) in [7, 11) is 0. The largest absolute Gasteiger partial charge is 0.457 e. The molecule has 0 unspecified atom stereocenters. The predicted octanol–water partition coefficient (Wildman–Crippen LogP) is 3.39. The molecule has 0 heterocycles. The zero-order chi connectivity index (χ0) is 13.1. The second-order valence-electron chi connectivity index (χ2n) is 3.55. The Kier molecular flexibility index (Phi) is 3.53. The van der Waals surface area contributed by atoms with E-state index in [4.69, 9.17) is 9.84 Å². The second kappa shape index (κ2) is 5.10. The lowest BCUT2D eigenvalue weighted by atomic mass is 10.2. The highest BCUT2D eigenvalue weighted by Gasteiger charge is 2.10. The molecule has 2 aromatic carbocycles. The van der Waals surface area contributed by atoms with Crippen molar-refractivity contribution in [2.45, 2.75) is 6.61 Å². The van der Waals surface area contributed by atoms with Gasteiger partial charge in [0.1, 0.15) is 17.3 Å². The number of hydrogen-bond acceptors (Lipinski definition) is 2. The minimum absolute atomic E-state index is 0.0224. The third-order valence-electron chi connectivity index (χ3n) is 2.35. The molecule has 0 amide bonds. The summed E-state index contributed by atoms with van der Waals surface area (Å²) in [5, 5.41) is 9.02. The summed E-state index contributed by atoms with van der Waals surface area (Å²) in [6.07, 6.45) is 0. The summed E-state index contributed by atoms with van der Waals surface area (Å²) < 4.78 is 44.2. The molecule has 0 aliphatic rings. The van der Waals surface area contributed by atoms with Crippen LogP contribution in [0.3, 0.4) is 0 Å². The van der Waals surface area contributed by atoms with Crippen LogP contribution < -0.4 is 4.74 Å². The summed E-state index contributed by atoms with van der Waals surface area (Å²) in [5.41, 5.74) is -0.0396. The van der Waals surface area contributed by atoms with Gasteiger partial charge in [0.15, 0.2) is 11.6 Å². The van der Waals surface area contributed by atoms with Crippen molar-refractivity contribution in [2.75, 3.05) is 0 Å². The van der Waals surface area contributed by atoms with Gasteiger partial charge in [0.05, 0.1) is 12.2 Å². The molecule has 0 spiro atoms. The van der Waals surface area contributed by atoms with Crippen molar-refractivity contribution in [3.05, 3.63) is 59.4 Å². The van der Waals surface area contributed by atoms with Crippen molar-refractivity contribution in [3.63, 3.8) is 0 Å². The summed E-state index contributed by atoms with van der Waals surface area (Å²) in [4.78, 5) is 0. The van der Waals surface area contributed by atoms with Crippen LogP contribution in [0.25, 0.3) is 0 Å². The summed E-state index contributed by atoms with van der Waals surface area (Å²) in [6, 6.07) is 6.96. The molecular formula is C13H9F3O2. The highest BCUT2D eigenvalue weighted by molar-refractivity contribution is 5.38. The van der Waals surface area contributed by atoms with Gasteiger partial charge in [-0.25, -0.2) is 13.2 Å². The molecule has 0 fully saturated rings. The molecule has 94 valence electrons. The topological polar surface area (TPSA) is 29.5 Å². The summed E-state index contributed by atoms with van der Waals surface area (Å²) in [5.74, 6) is -2.60. The predicted molar refractivity (Wildman–Crippen MR) is 58.8 cm³/mol. The van der Waals surface area contributed by atoms with Gasteiger partial charge in [-0.1, -0.05) is 6.07 Å². The Balaban J connectivity index is 2.34. The van der Waals surface area contributed by atoms with Gasteiger partial charge >= 0.3 is 0 Å². The molecule has 0 radical (unpaired) electrons. The second-order valence-corrected chi connectivity index (χ2v) is 3.55. The highest BCUT2D eigenvalue weighted by atomic mass is 19.2. The van der Waals surface area contributed by atoms with E-state index in [1.165, 1.54) is 24.3 Å². The van der Waals surface area contributed by atoms with Gasteiger partial charge < -0.3 is 9.84 Å². The molecule has 1 N–H and O–H groups in total. The van der Waals surface area contributed by atoms with Crippen LogP contribution in [0.2, 0.25) is 0 Å². The van der Waals surface area contributed by atoms with Crippen molar-refractivity contribution in [1.29, 1.82) is 0 Å². The number of aliphatic hydroxyl groups excluding tert-OH is 1. The first-order valence-electron chi connectivity index (χ1n) is 5.13. The number of aliphatic hydroxyl groups is 1. The minimum atomic E-state index is -1.06. The van der Waals surface area contributed by atoms with Crippen LogP contribution in [-0.2, 0) is 6.61 Å². The van der Waals surface area contributed by atoms with Crippen LogP contribution in [0.5, 0.6) is 11.5 Å². The van der Waals surface area contributed by atoms with Crippen LogP contribution in [-0.4, -0.2) is 5.11 Å². The Morgan fingerprint density at radius 2 is 1.72 bits per heavy atom. The number of halogens is 3. The number of benzene rings is 2. The maximum atomic E-state index is 13.3. The van der Waals surface area contributed by atoms with Crippen LogP contribution in [0.15, 0.2) is 36.4 Å². The van der Waals surface area contributed by atoms with Crippen LogP contribution in [0.1, 0.15) is 5.56 Å². The monoisotopic (exact) mass is 254 g/mol. The lowest BCUT2D eigenvalue weighted by molar-refractivity contribution is 0.270. The van der Waals surface area contributed by atoms with Crippen molar-refractivity contribution in [1.82, 2.24) is 0 Å². The Labute approximate surface area is 101 Å². The Morgan fingerprint density at radius 1 is 0.944 bits per heavy atom. The first-order chi connectivity index (χ1) is 8.61. The molecule has 2 rings (SSSR count). The molecule has 0 saturated carbocycles. The molecule has 2 aromatic rings. The number of ether oxygens (including phenoxy) is 1. The number of rotatable bonds is 3. The lowest BCUT2D eigenvalue weighted by Gasteiger charge is -2.10. The van der Waals surface area contributed by atoms with E-state index in [0.29, 0.717) is 0 Å². The lowest BCUT2D eigenvalue weighted by Crippen LogP contribution is -1.96. The fraction of sp³-hybridized carbons (Fsp3) is 0.0769. The molecule has 5 heteroatoms. The van der Waals surface area contributed by atoms with E-state index in [0.717, 1.165) is 12.1 Å². The fourth-order valence-corrected chi connectivity index (χ4v) is 1.46. The Bertz CT molecular complexity index is 570. The fourth-order valence-electron chi connectivity index (χ4n) is 1.46. The Hall–Kier alpha value is -2.01. The van der Waals surface area contributed by atoms with Crippen LogP contribution in [0, 0.1) is 17.5 Å². The van der Waals surface area contributed by atoms with Crippen molar-refractivity contribution in [2.24, 2.45) is 0 Å². The van der Waals surface area contributed by atoms with Crippen molar-refractivity contribution in [3.8, 4) is 11.5 Å². The molecule has 0 aliphatic heterocycles. The van der Waals surface area contributed by atoms with E-state index in [1.54, 1.807) is 0 Å². The van der Waals surface area contributed by atoms with Gasteiger partial charge in [-0.2, -0.15) is 0 Å². The molecule has 0 atom stereocenters. The van der Waals surface area contributed by atoms with Crippen molar-refractivity contribution < 1.29 is 23.0 Å². The first kappa shape index (κ1) is 12.4. The molecule has 0 aromatic heterocycles. The summed E-state index contributed by atoms with van der Waals surface area (Å²) >= 11 is 0. The van der Waals surface area contributed by atoms with E-state index in [2.05, 4.69) is 0 Å². The average molecular weight is 254 g/mol. The normalized spacial score (nSPS) is 10.4. The smallest absolute Gasteiger partial charge is 0.162 e. The zero-order valence-electron chi connectivity index (χ0n) is 9.16. The van der Waals surface area contributed by atoms with Gasteiger partial charge in [0.25, 0.3) is 0 Å². The van der Waals surface area contributed by atoms with E-state index < -0.39 is 24.1 Å². The summed E-state index contributed by atoms with van der Waals surface area (Å²) in [6.45, 7) is -0.550. The highest BCUT2D eigenvalue weighted by Crippen LogP contribution is 2.28. The minimum Gasteiger partial charge on any atom is -0.457 e. The van der Waals surface area contributed by atoms with E-state index in [1.807, 2.05) is 0 Å². The third-order valence-corrected chi connectivity index (χ3v) is 2.35. The quantitative estimate of drug-likeness (QED) is 0.909. The van der Waals surface area contributed by atoms with Gasteiger partial charge in [-0.15, -0.1) is 0 Å². The molecule has 18 heavy (non-hydrogen) atoms. The standard InChI is InChI=1S/C13H9F3O2/c14-10-2-1-3-13(9(10)7-17)18-8-4-5-11(15)12(16)6-8/h1-6,17H,7H2. The van der Waals surface area contributed by atoms with E-state index >= 15 is 0 Å². The molecule has 0 bridgehead atoms. The Morgan fingerprint density at radius 3 is 2.39 bits per heavy atom. The molecule has 0 aliphatic carbocycles. The molecule has 0 saturated heterocycles. The van der Waals surface area contributed by atoms with Gasteiger partial charge in [0.2, 0.25) is 0 Å². The van der Waals surface area contributed by atoms with Gasteiger partial charge in [-0.3, -0.25) is 0 Å². The molecular weight excluding hydrogens is 245 g/mol. The third kappa shape index (κ3) is 2.46. The van der Waals surface area contributed by atoms with E-state index in [9.17, 15) is 13.2 Å². The first-order valence-corrected chi connectivity index (χ1v) is 5.13. The van der Waals surface area contributed by atoms with Gasteiger partial charge in [-0.05, 0) is 24.3 Å². The number of hydrogen-bond donors (Lipinski definition) is 1. The molecule has 2 nitrogen and oxygen atoms in total. The van der Waals surface area contributed by atoms with Crippen LogP contribution in [0.4, 0.5) is 13.2 Å². The maximum absolute atomic E-state index is 13.3. The maximum Gasteiger partial charge on any atom is 0.162 e.